The van der Waals surface area contributed by atoms with Gasteiger partial charge >= 0.3 is 11.9 Å². The fraction of sp³-hybridized carbons (Fsp3) is 0.824. The van der Waals surface area contributed by atoms with Gasteiger partial charge in [-0.1, -0.05) is 32.1 Å². The number of nitrogens with zero attached hydrogens (tertiary/aromatic N) is 1. The van der Waals surface area contributed by atoms with Crippen molar-refractivity contribution in [3.05, 3.63) is 0 Å². The molecular weight excluding hydrogens is 312 g/mol. The molecule has 0 aromatic carbocycles. The normalized spacial score (nSPS) is 24.5. The topological polar surface area (TPSA) is 107 Å². The van der Waals surface area contributed by atoms with Crippen LogP contribution in [0.15, 0.2) is 0 Å². The van der Waals surface area contributed by atoms with Gasteiger partial charge in [0.1, 0.15) is 12.1 Å². The van der Waals surface area contributed by atoms with E-state index in [4.69, 9.17) is 0 Å². The van der Waals surface area contributed by atoms with E-state index >= 15 is 0 Å². The Morgan fingerprint density at radius 2 is 1.75 bits per heavy atom. The van der Waals surface area contributed by atoms with Crippen LogP contribution in [-0.4, -0.2) is 57.6 Å². The predicted molar refractivity (Wildman–Crippen MR) is 87.6 cm³/mol. The fourth-order valence-corrected chi connectivity index (χ4v) is 3.91. The van der Waals surface area contributed by atoms with Crippen LogP contribution in [0.4, 0.5) is 0 Å². The average Bonchev–Trinajstić information content (AvgIpc) is 3.04. The largest absolute Gasteiger partial charge is 0.480 e. The number of hydrogen-bond donors (Lipinski definition) is 3. The first-order chi connectivity index (χ1) is 11.4. The van der Waals surface area contributed by atoms with Crippen molar-refractivity contribution < 1.29 is 24.6 Å². The highest BCUT2D eigenvalue weighted by Crippen LogP contribution is 2.27. The third-order valence-corrected chi connectivity index (χ3v) is 5.23. The summed E-state index contributed by atoms with van der Waals surface area (Å²) < 4.78 is 0. The Hall–Kier alpha value is -1.63. The molecule has 0 aromatic rings. The van der Waals surface area contributed by atoms with Crippen molar-refractivity contribution in [3.8, 4) is 0 Å². The standard InChI is InChI=1S/C17H28N2O5/c1-11(15(20)19-9-5-8-14(19)17(23)24)18-13(16(21)22)10-12-6-3-2-4-7-12/h11-14,18H,2-10H2,1H3,(H,21,22)(H,23,24)/t11-,13?,14-/m0/s1. The van der Waals surface area contributed by atoms with Gasteiger partial charge in [-0.15, -0.1) is 0 Å². The Kier molecular flexibility index (Phi) is 6.60. The van der Waals surface area contributed by atoms with Crippen molar-refractivity contribution in [1.82, 2.24) is 10.2 Å². The quantitative estimate of drug-likeness (QED) is 0.648. The third-order valence-electron chi connectivity index (χ3n) is 5.23. The van der Waals surface area contributed by atoms with Gasteiger partial charge in [0.25, 0.3) is 0 Å². The number of carbonyl (C=O) groups excluding carboxylic acids is 1. The molecule has 2 rings (SSSR count). The third kappa shape index (κ3) is 4.69. The van der Waals surface area contributed by atoms with Crippen molar-refractivity contribution >= 4 is 17.8 Å². The zero-order valence-electron chi connectivity index (χ0n) is 14.2. The van der Waals surface area contributed by atoms with E-state index in [1.807, 2.05) is 0 Å². The van der Waals surface area contributed by atoms with Crippen LogP contribution >= 0.6 is 0 Å². The van der Waals surface area contributed by atoms with Gasteiger partial charge in [-0.3, -0.25) is 14.9 Å². The minimum atomic E-state index is -0.995. The highest BCUT2D eigenvalue weighted by molar-refractivity contribution is 5.88. The van der Waals surface area contributed by atoms with Gasteiger partial charge in [0, 0.05) is 6.54 Å². The lowest BCUT2D eigenvalue weighted by Gasteiger charge is -2.29. The predicted octanol–water partition coefficient (Wildman–Crippen LogP) is 1.46. The molecule has 1 unspecified atom stereocenters. The molecule has 1 heterocycles. The zero-order chi connectivity index (χ0) is 17.7. The molecule has 1 aliphatic heterocycles. The lowest BCUT2D eigenvalue weighted by atomic mass is 9.84. The first-order valence-electron chi connectivity index (χ1n) is 8.92. The second kappa shape index (κ2) is 8.46. The summed E-state index contributed by atoms with van der Waals surface area (Å²) >= 11 is 0. The number of nitrogens with one attached hydrogen (secondary N) is 1. The number of carboxylic acid groups (broad SMARTS) is 2. The molecule has 1 saturated heterocycles. The molecule has 0 spiro atoms. The fourth-order valence-electron chi connectivity index (χ4n) is 3.91. The minimum Gasteiger partial charge on any atom is -0.480 e. The van der Waals surface area contributed by atoms with Gasteiger partial charge in [0.05, 0.1) is 6.04 Å². The van der Waals surface area contributed by atoms with E-state index in [1.165, 1.54) is 11.3 Å². The SMILES string of the molecule is C[C@H](NC(CC1CCCCC1)C(=O)O)C(=O)N1CCC[C@H]1C(=O)O. The van der Waals surface area contributed by atoms with Crippen molar-refractivity contribution in [2.24, 2.45) is 5.92 Å². The second-order valence-electron chi connectivity index (χ2n) is 7.05. The van der Waals surface area contributed by atoms with Crippen LogP contribution in [0.3, 0.4) is 0 Å². The maximum Gasteiger partial charge on any atom is 0.326 e. The van der Waals surface area contributed by atoms with Crippen LogP contribution in [-0.2, 0) is 14.4 Å². The molecule has 2 fully saturated rings. The summed E-state index contributed by atoms with van der Waals surface area (Å²) in [6.45, 7) is 2.04. The van der Waals surface area contributed by atoms with E-state index in [0.29, 0.717) is 31.7 Å². The summed E-state index contributed by atoms with van der Waals surface area (Å²) in [6, 6.07) is -2.25. The molecule has 24 heavy (non-hydrogen) atoms. The summed E-state index contributed by atoms with van der Waals surface area (Å²) in [5, 5.41) is 21.6. The van der Waals surface area contributed by atoms with Crippen LogP contribution < -0.4 is 5.32 Å². The van der Waals surface area contributed by atoms with Gasteiger partial charge in [-0.2, -0.15) is 0 Å². The summed E-state index contributed by atoms with van der Waals surface area (Å²) in [5.74, 6) is -1.88. The minimum absolute atomic E-state index is 0.324. The lowest BCUT2D eigenvalue weighted by molar-refractivity contribution is -0.149. The van der Waals surface area contributed by atoms with Crippen LogP contribution in [0.2, 0.25) is 0 Å². The smallest absolute Gasteiger partial charge is 0.326 e. The number of amides is 1. The maximum atomic E-state index is 12.5. The molecule has 1 amide bonds. The molecule has 0 aromatic heterocycles. The summed E-state index contributed by atoms with van der Waals surface area (Å²) in [5.41, 5.74) is 0. The lowest BCUT2D eigenvalue weighted by Crippen LogP contribution is -2.53. The number of carboxylic acids is 2. The zero-order valence-corrected chi connectivity index (χ0v) is 14.2. The molecule has 136 valence electrons. The number of rotatable bonds is 7. The van der Waals surface area contributed by atoms with E-state index in [2.05, 4.69) is 5.32 Å². The van der Waals surface area contributed by atoms with Crippen molar-refractivity contribution in [1.29, 1.82) is 0 Å². The highest BCUT2D eigenvalue weighted by Gasteiger charge is 2.37. The molecule has 1 aliphatic carbocycles. The average molecular weight is 340 g/mol. The van der Waals surface area contributed by atoms with Gasteiger partial charge in [-0.05, 0) is 32.1 Å². The van der Waals surface area contributed by atoms with Crippen LogP contribution in [0, 0.1) is 5.92 Å². The summed E-state index contributed by atoms with van der Waals surface area (Å²) in [7, 11) is 0. The van der Waals surface area contributed by atoms with Crippen LogP contribution in [0.5, 0.6) is 0 Å². The van der Waals surface area contributed by atoms with Gasteiger partial charge in [0.2, 0.25) is 5.91 Å². The Bertz CT molecular complexity index is 476. The molecule has 3 N–H and O–H groups in total. The summed E-state index contributed by atoms with van der Waals surface area (Å²) in [6.07, 6.45) is 7.22. The molecule has 1 saturated carbocycles. The Balaban J connectivity index is 1.93. The van der Waals surface area contributed by atoms with E-state index < -0.39 is 30.1 Å². The number of likely N-dealkylation sites (tertiary alicyclic amines) is 1. The molecule has 7 heteroatoms. The number of aliphatic carboxylic acids is 2. The van der Waals surface area contributed by atoms with Crippen molar-refractivity contribution in [2.45, 2.75) is 76.4 Å². The van der Waals surface area contributed by atoms with E-state index in [1.54, 1.807) is 6.92 Å². The molecule has 3 atom stereocenters. The first-order valence-corrected chi connectivity index (χ1v) is 8.92. The molecule has 2 aliphatic rings. The molecule has 0 radical (unpaired) electrons. The van der Waals surface area contributed by atoms with Crippen LogP contribution in [0.25, 0.3) is 0 Å². The first kappa shape index (κ1) is 18.7. The van der Waals surface area contributed by atoms with Gasteiger partial charge < -0.3 is 15.1 Å². The monoisotopic (exact) mass is 340 g/mol. The number of hydrogen-bond acceptors (Lipinski definition) is 4. The second-order valence-corrected chi connectivity index (χ2v) is 7.05. The maximum absolute atomic E-state index is 12.5. The van der Waals surface area contributed by atoms with E-state index in [-0.39, 0.29) is 5.91 Å². The Morgan fingerprint density at radius 3 is 2.33 bits per heavy atom. The molecular formula is C17H28N2O5. The number of carbonyl (C=O) groups is 3. The van der Waals surface area contributed by atoms with Crippen LogP contribution in [0.1, 0.15) is 58.3 Å². The van der Waals surface area contributed by atoms with E-state index in [9.17, 15) is 24.6 Å². The molecule has 7 nitrogen and oxygen atoms in total. The van der Waals surface area contributed by atoms with E-state index in [0.717, 1.165) is 25.7 Å². The Morgan fingerprint density at radius 1 is 1.08 bits per heavy atom. The van der Waals surface area contributed by atoms with Crippen molar-refractivity contribution in [3.63, 3.8) is 0 Å². The highest BCUT2D eigenvalue weighted by atomic mass is 16.4. The molecule has 0 bridgehead atoms. The van der Waals surface area contributed by atoms with Gasteiger partial charge in [0.15, 0.2) is 0 Å². The summed E-state index contributed by atoms with van der Waals surface area (Å²) in [4.78, 5) is 36.6. The Labute approximate surface area is 142 Å². The van der Waals surface area contributed by atoms with Crippen molar-refractivity contribution in [2.75, 3.05) is 6.54 Å². The van der Waals surface area contributed by atoms with Gasteiger partial charge in [-0.25, -0.2) is 4.79 Å².